The molecular weight excluding hydrogens is 343 g/mol. The van der Waals surface area contributed by atoms with Crippen LogP contribution in [-0.2, 0) is 0 Å². The van der Waals surface area contributed by atoms with Gasteiger partial charge in [-0.1, -0.05) is 18.2 Å². The van der Waals surface area contributed by atoms with Crippen LogP contribution in [0, 0.1) is 28.5 Å². The number of aromatic nitrogens is 2. The number of hydrogen-bond donors (Lipinski definition) is 1. The molecule has 128 valence electrons. The van der Waals surface area contributed by atoms with Crippen LogP contribution in [0.4, 0.5) is 4.39 Å². The summed E-state index contributed by atoms with van der Waals surface area (Å²) in [4.78, 5) is 4.01. The molecule has 2 aromatic heterocycles. The first kappa shape index (κ1) is 16.3. The summed E-state index contributed by atoms with van der Waals surface area (Å²) in [7, 11) is 0. The van der Waals surface area contributed by atoms with Gasteiger partial charge in [0.25, 0.3) is 0 Å². The summed E-state index contributed by atoms with van der Waals surface area (Å²) >= 11 is 0. The van der Waals surface area contributed by atoms with Crippen LogP contribution in [0.2, 0.25) is 0 Å². The van der Waals surface area contributed by atoms with Crippen molar-refractivity contribution >= 4 is 10.9 Å². The number of rotatable bonds is 2. The number of nitrogens with zero attached hydrogens (tertiary/aromatic N) is 4. The Hall–Kier alpha value is -4.16. The van der Waals surface area contributed by atoms with Gasteiger partial charge in [0.1, 0.15) is 23.7 Å². The van der Waals surface area contributed by atoms with E-state index in [2.05, 4.69) is 11.1 Å². The second kappa shape index (κ2) is 6.29. The Morgan fingerprint density at radius 3 is 2.30 bits per heavy atom. The fourth-order valence-corrected chi connectivity index (χ4v) is 3.20. The smallest absolute Gasteiger partial charge is 0.165 e. The first-order chi connectivity index (χ1) is 13.2. The molecule has 0 spiro atoms. The Kier molecular flexibility index (Phi) is 3.80. The molecule has 0 aliphatic rings. The van der Waals surface area contributed by atoms with Crippen molar-refractivity contribution in [1.82, 2.24) is 9.55 Å². The first-order valence-corrected chi connectivity index (χ1v) is 8.03. The van der Waals surface area contributed by atoms with Crippen molar-refractivity contribution in [3.8, 4) is 34.8 Å². The van der Waals surface area contributed by atoms with E-state index in [1.807, 2.05) is 36.4 Å². The third-order valence-corrected chi connectivity index (χ3v) is 4.32. The van der Waals surface area contributed by atoms with E-state index in [9.17, 15) is 20.0 Å². The number of aromatic hydroxyl groups is 1. The molecule has 0 bridgehead atoms. The lowest BCUT2D eigenvalue weighted by molar-refractivity contribution is 0.479. The molecule has 0 radical (unpaired) electrons. The van der Waals surface area contributed by atoms with Crippen LogP contribution < -0.4 is 0 Å². The molecule has 4 rings (SSSR count). The molecule has 0 aliphatic carbocycles. The van der Waals surface area contributed by atoms with E-state index < -0.39 is 5.82 Å². The Bertz CT molecular complexity index is 1250. The lowest BCUT2D eigenvalue weighted by Gasteiger charge is -2.12. The quantitative estimate of drug-likeness (QED) is 0.582. The maximum absolute atomic E-state index is 13.4. The maximum atomic E-state index is 13.4. The Morgan fingerprint density at radius 1 is 0.963 bits per heavy atom. The van der Waals surface area contributed by atoms with Gasteiger partial charge in [0.2, 0.25) is 0 Å². The summed E-state index contributed by atoms with van der Waals surface area (Å²) in [6.45, 7) is 0. The van der Waals surface area contributed by atoms with E-state index in [4.69, 9.17) is 0 Å². The van der Waals surface area contributed by atoms with Gasteiger partial charge >= 0.3 is 0 Å². The fourth-order valence-electron chi connectivity index (χ4n) is 3.20. The topological polar surface area (TPSA) is 85.6 Å². The molecule has 0 saturated carbocycles. The van der Waals surface area contributed by atoms with Crippen LogP contribution in [0.1, 0.15) is 11.3 Å². The number of fused-ring (bicyclic) bond motifs is 1. The van der Waals surface area contributed by atoms with Gasteiger partial charge in [-0.15, -0.1) is 0 Å². The van der Waals surface area contributed by atoms with Crippen LogP contribution in [0.15, 0.2) is 60.8 Å². The highest BCUT2D eigenvalue weighted by atomic mass is 19.1. The lowest BCUT2D eigenvalue weighted by atomic mass is 10.1. The zero-order valence-electron chi connectivity index (χ0n) is 13.9. The van der Waals surface area contributed by atoms with Gasteiger partial charge in [-0.05, 0) is 36.4 Å². The first-order valence-electron chi connectivity index (χ1n) is 8.03. The SMILES string of the molecule is N#Cc1c(-c2ccc(F)cc2)n(-c2ccccc2)c2c(C#N)ncc(O)c12. The minimum absolute atomic E-state index is 0.0801. The Balaban J connectivity index is 2.26. The number of hydrogen-bond acceptors (Lipinski definition) is 4. The van der Waals surface area contributed by atoms with Gasteiger partial charge in [-0.3, -0.25) is 0 Å². The molecule has 0 fully saturated rings. The maximum Gasteiger partial charge on any atom is 0.165 e. The summed E-state index contributed by atoms with van der Waals surface area (Å²) in [5, 5.41) is 30.0. The number of nitriles is 2. The summed E-state index contributed by atoms with van der Waals surface area (Å²) in [5.74, 6) is -0.597. The molecule has 27 heavy (non-hydrogen) atoms. The minimum Gasteiger partial charge on any atom is -0.506 e. The highest BCUT2D eigenvalue weighted by Crippen LogP contribution is 2.40. The van der Waals surface area contributed by atoms with E-state index in [0.717, 1.165) is 6.20 Å². The van der Waals surface area contributed by atoms with Gasteiger partial charge < -0.3 is 9.67 Å². The molecule has 0 atom stereocenters. The average Bonchev–Trinajstić information content (AvgIpc) is 3.05. The van der Waals surface area contributed by atoms with E-state index in [1.54, 1.807) is 16.7 Å². The van der Waals surface area contributed by atoms with Crippen molar-refractivity contribution < 1.29 is 9.50 Å². The van der Waals surface area contributed by atoms with Gasteiger partial charge in [-0.2, -0.15) is 10.5 Å². The molecular formula is C21H11FN4O. The normalized spacial score (nSPS) is 10.5. The van der Waals surface area contributed by atoms with Crippen LogP contribution in [-0.4, -0.2) is 14.7 Å². The zero-order valence-corrected chi connectivity index (χ0v) is 13.9. The summed E-state index contributed by atoms with van der Waals surface area (Å²) in [6.07, 6.45) is 1.16. The van der Waals surface area contributed by atoms with Crippen molar-refractivity contribution in [1.29, 1.82) is 10.5 Å². The predicted molar refractivity (Wildman–Crippen MR) is 97.6 cm³/mol. The van der Waals surface area contributed by atoms with Crippen molar-refractivity contribution in [2.75, 3.05) is 0 Å². The predicted octanol–water partition coefficient (Wildman–Crippen LogP) is 4.28. The standard InChI is InChI=1S/C21H11FN4O/c22-14-8-6-13(7-9-14)20-16(10-23)19-18(27)12-25-17(11-24)21(19)26(20)15-4-2-1-3-5-15/h1-9,12,27H. The van der Waals surface area contributed by atoms with Crippen LogP contribution in [0.3, 0.4) is 0 Å². The summed E-state index contributed by atoms with van der Waals surface area (Å²) < 4.78 is 15.1. The lowest BCUT2D eigenvalue weighted by Crippen LogP contribution is -1.99. The Labute approximate surface area is 153 Å². The molecule has 0 amide bonds. The average molecular weight is 354 g/mol. The Morgan fingerprint density at radius 2 is 1.67 bits per heavy atom. The molecule has 1 N–H and O–H groups in total. The second-order valence-corrected chi connectivity index (χ2v) is 5.84. The van der Waals surface area contributed by atoms with E-state index in [-0.39, 0.29) is 22.4 Å². The monoisotopic (exact) mass is 354 g/mol. The molecule has 0 unspecified atom stereocenters. The molecule has 4 aromatic rings. The number of para-hydroxylation sites is 1. The van der Waals surface area contributed by atoms with Crippen LogP contribution in [0.25, 0.3) is 27.8 Å². The van der Waals surface area contributed by atoms with Gasteiger partial charge in [0, 0.05) is 11.3 Å². The van der Waals surface area contributed by atoms with Crippen LogP contribution in [0.5, 0.6) is 5.75 Å². The highest BCUT2D eigenvalue weighted by molar-refractivity contribution is 6.01. The second-order valence-electron chi connectivity index (χ2n) is 5.84. The van der Waals surface area contributed by atoms with E-state index in [0.29, 0.717) is 22.5 Å². The van der Waals surface area contributed by atoms with Crippen molar-refractivity contribution in [2.24, 2.45) is 0 Å². The largest absolute Gasteiger partial charge is 0.506 e. The van der Waals surface area contributed by atoms with Gasteiger partial charge in [0.05, 0.1) is 28.4 Å². The number of pyridine rings is 1. The zero-order chi connectivity index (χ0) is 19.0. The molecule has 0 aliphatic heterocycles. The molecule has 2 heterocycles. The van der Waals surface area contributed by atoms with Crippen molar-refractivity contribution in [2.45, 2.75) is 0 Å². The third-order valence-electron chi connectivity index (χ3n) is 4.32. The summed E-state index contributed by atoms with van der Waals surface area (Å²) in [6, 6.07) is 19.0. The van der Waals surface area contributed by atoms with Gasteiger partial charge in [-0.25, -0.2) is 9.37 Å². The molecule has 5 nitrogen and oxygen atoms in total. The van der Waals surface area contributed by atoms with Crippen molar-refractivity contribution in [3.05, 3.63) is 77.9 Å². The van der Waals surface area contributed by atoms with Gasteiger partial charge in [0.15, 0.2) is 5.69 Å². The molecule has 6 heteroatoms. The van der Waals surface area contributed by atoms with Crippen molar-refractivity contribution in [3.63, 3.8) is 0 Å². The molecule has 0 saturated heterocycles. The van der Waals surface area contributed by atoms with E-state index >= 15 is 0 Å². The number of benzene rings is 2. The molecule has 2 aromatic carbocycles. The van der Waals surface area contributed by atoms with Crippen LogP contribution >= 0.6 is 0 Å². The highest BCUT2D eigenvalue weighted by Gasteiger charge is 2.25. The fraction of sp³-hybridized carbons (Fsp3) is 0. The van der Waals surface area contributed by atoms with E-state index in [1.165, 1.54) is 12.1 Å². The third kappa shape index (κ3) is 2.48. The summed E-state index contributed by atoms with van der Waals surface area (Å²) in [5.41, 5.74) is 2.33. The minimum atomic E-state index is -0.401. The number of halogens is 1.